The first-order valence-corrected chi connectivity index (χ1v) is 7.14. The maximum absolute atomic E-state index is 11.1. The Hall–Kier alpha value is -1.81. The van der Waals surface area contributed by atoms with Crippen LogP contribution in [-0.4, -0.2) is 19.2 Å². The molecule has 0 saturated carbocycles. The van der Waals surface area contributed by atoms with E-state index in [-0.39, 0.29) is 5.97 Å². The second-order valence-electron chi connectivity index (χ2n) is 4.12. The Labute approximate surface area is 126 Å². The minimum Gasteiger partial charge on any atom is -0.490 e. The largest absolute Gasteiger partial charge is 0.490 e. The summed E-state index contributed by atoms with van der Waals surface area (Å²) < 4.78 is 11.4. The molecule has 0 fully saturated rings. The van der Waals surface area contributed by atoms with Crippen LogP contribution >= 0.6 is 15.9 Å². The summed E-state index contributed by atoms with van der Waals surface area (Å²) >= 11 is 3.44. The fourth-order valence-corrected chi connectivity index (χ4v) is 2.14. The smallest absolute Gasteiger partial charge is 0.330 e. The van der Waals surface area contributed by atoms with Crippen molar-refractivity contribution in [2.45, 2.75) is 6.92 Å². The van der Waals surface area contributed by atoms with Gasteiger partial charge in [0.1, 0.15) is 12.4 Å². The third kappa shape index (κ3) is 4.10. The normalized spacial score (nSPS) is 10.9. The number of ether oxygens (including phenoxy) is 2. The van der Waals surface area contributed by atoms with E-state index in [1.807, 2.05) is 30.3 Å². The molecule has 0 radical (unpaired) electrons. The predicted molar refractivity (Wildman–Crippen MR) is 82.9 cm³/mol. The topological polar surface area (TPSA) is 35.5 Å². The summed E-state index contributed by atoms with van der Waals surface area (Å²) in [6, 6.07) is 12.0. The summed E-state index contributed by atoms with van der Waals surface area (Å²) in [5, 5.41) is 2.26. The minimum absolute atomic E-state index is 0.334. The molecule has 104 valence electrons. The molecule has 3 nitrogen and oxygen atoms in total. The van der Waals surface area contributed by atoms with Crippen molar-refractivity contribution < 1.29 is 14.3 Å². The zero-order valence-electron chi connectivity index (χ0n) is 11.1. The lowest BCUT2D eigenvalue weighted by molar-refractivity contribution is -0.137. The van der Waals surface area contributed by atoms with Crippen LogP contribution < -0.4 is 4.74 Å². The van der Waals surface area contributed by atoms with Gasteiger partial charge in [0.25, 0.3) is 0 Å². The molecule has 4 heteroatoms. The van der Waals surface area contributed by atoms with Crippen molar-refractivity contribution >= 4 is 32.7 Å². The first-order chi connectivity index (χ1) is 9.69. The van der Waals surface area contributed by atoms with Crippen molar-refractivity contribution in [2.24, 2.45) is 0 Å². The molecule has 2 rings (SSSR count). The second kappa shape index (κ2) is 7.10. The van der Waals surface area contributed by atoms with Gasteiger partial charge in [0, 0.05) is 10.5 Å². The number of fused-ring (bicyclic) bond motifs is 1. The highest BCUT2D eigenvalue weighted by Crippen LogP contribution is 2.24. The van der Waals surface area contributed by atoms with Gasteiger partial charge in [-0.15, -0.1) is 0 Å². The number of hydrogen-bond donors (Lipinski definition) is 0. The van der Waals surface area contributed by atoms with Gasteiger partial charge >= 0.3 is 5.97 Å². The van der Waals surface area contributed by atoms with Crippen molar-refractivity contribution in [1.29, 1.82) is 0 Å². The Balaban J connectivity index is 1.97. The number of rotatable bonds is 5. The third-order valence-electron chi connectivity index (χ3n) is 2.66. The number of esters is 1. The Bertz CT molecular complexity index is 635. The van der Waals surface area contributed by atoms with Crippen molar-refractivity contribution in [2.75, 3.05) is 13.2 Å². The number of hydrogen-bond acceptors (Lipinski definition) is 3. The van der Waals surface area contributed by atoms with Crippen LogP contribution in [-0.2, 0) is 9.53 Å². The van der Waals surface area contributed by atoms with Crippen LogP contribution in [0.15, 0.2) is 53.0 Å². The lowest BCUT2D eigenvalue weighted by Gasteiger charge is -2.05. The molecule has 0 atom stereocenters. The molecule has 2 aromatic rings. The van der Waals surface area contributed by atoms with Crippen molar-refractivity contribution in [3.8, 4) is 5.75 Å². The fourth-order valence-electron chi connectivity index (χ4n) is 1.76. The van der Waals surface area contributed by atoms with Gasteiger partial charge in [0.15, 0.2) is 0 Å². The van der Waals surface area contributed by atoms with E-state index in [0.29, 0.717) is 13.2 Å². The maximum Gasteiger partial charge on any atom is 0.330 e. The average Bonchev–Trinajstić information content (AvgIpc) is 2.44. The van der Waals surface area contributed by atoms with Gasteiger partial charge in [0.2, 0.25) is 0 Å². The van der Waals surface area contributed by atoms with Crippen LogP contribution in [0.3, 0.4) is 0 Å². The highest BCUT2D eigenvalue weighted by molar-refractivity contribution is 9.10. The molecule has 0 saturated heterocycles. The molecule has 0 aromatic heterocycles. The van der Waals surface area contributed by atoms with Crippen molar-refractivity contribution in [3.63, 3.8) is 0 Å². The van der Waals surface area contributed by atoms with Gasteiger partial charge in [-0.25, -0.2) is 4.79 Å². The van der Waals surface area contributed by atoms with Crippen LogP contribution in [0.5, 0.6) is 5.75 Å². The van der Waals surface area contributed by atoms with Crippen LogP contribution in [0.4, 0.5) is 0 Å². The van der Waals surface area contributed by atoms with Crippen LogP contribution in [0.1, 0.15) is 6.92 Å². The first-order valence-electron chi connectivity index (χ1n) is 6.34. The summed E-state index contributed by atoms with van der Waals surface area (Å²) in [6.45, 7) is 2.49. The Morgan fingerprint density at radius 1 is 1.20 bits per heavy atom. The van der Waals surface area contributed by atoms with Crippen molar-refractivity contribution in [3.05, 3.63) is 53.0 Å². The summed E-state index contributed by atoms with van der Waals surface area (Å²) in [7, 11) is 0. The maximum atomic E-state index is 11.1. The van der Waals surface area contributed by atoms with Gasteiger partial charge < -0.3 is 9.47 Å². The van der Waals surface area contributed by atoms with E-state index in [1.165, 1.54) is 6.08 Å². The third-order valence-corrected chi connectivity index (χ3v) is 3.15. The lowest BCUT2D eigenvalue weighted by atomic mass is 10.1. The molecule has 0 unspecified atom stereocenters. The minimum atomic E-state index is -0.348. The van der Waals surface area contributed by atoms with E-state index < -0.39 is 0 Å². The van der Waals surface area contributed by atoms with Crippen LogP contribution in [0.2, 0.25) is 0 Å². The van der Waals surface area contributed by atoms with Crippen molar-refractivity contribution in [1.82, 2.24) is 0 Å². The monoisotopic (exact) mass is 334 g/mol. The summed E-state index contributed by atoms with van der Waals surface area (Å²) in [5.74, 6) is 0.424. The number of carbonyl (C=O) groups excluding carboxylic acids is 1. The Morgan fingerprint density at radius 3 is 2.75 bits per heavy atom. The molecule has 0 aliphatic rings. The number of halogens is 1. The Morgan fingerprint density at radius 2 is 1.95 bits per heavy atom. The lowest BCUT2D eigenvalue weighted by Crippen LogP contribution is -2.00. The van der Waals surface area contributed by atoms with Gasteiger partial charge in [-0.3, -0.25) is 0 Å². The summed E-state index contributed by atoms with van der Waals surface area (Å²) in [5.41, 5.74) is 0. The molecule has 2 aromatic carbocycles. The molecule has 0 N–H and O–H groups in total. The molecule has 20 heavy (non-hydrogen) atoms. The van der Waals surface area contributed by atoms with E-state index in [0.717, 1.165) is 21.0 Å². The fraction of sp³-hybridized carbons (Fsp3) is 0.188. The molecular formula is C16H15BrO3. The van der Waals surface area contributed by atoms with Gasteiger partial charge in [-0.2, -0.15) is 0 Å². The molecule has 0 spiro atoms. The number of benzene rings is 2. The molecule has 0 heterocycles. The molecule has 0 amide bonds. The highest BCUT2D eigenvalue weighted by atomic mass is 79.9. The van der Waals surface area contributed by atoms with E-state index >= 15 is 0 Å². The molecule has 0 aliphatic carbocycles. The first kappa shape index (κ1) is 14.6. The standard InChI is InChI=1S/C16H15BrO3/c1-2-19-16(18)4-3-9-20-15-8-6-12-10-14(17)7-5-13(12)11-15/h3-8,10-11H,2,9H2,1H3/b4-3+. The molecule has 0 bridgehead atoms. The van der Waals surface area contributed by atoms with Gasteiger partial charge in [0.05, 0.1) is 6.61 Å². The van der Waals surface area contributed by atoms with E-state index in [9.17, 15) is 4.79 Å². The highest BCUT2D eigenvalue weighted by Gasteiger charge is 1.98. The predicted octanol–water partition coefficient (Wildman–Crippen LogP) is 4.10. The average molecular weight is 335 g/mol. The quantitative estimate of drug-likeness (QED) is 0.610. The van der Waals surface area contributed by atoms with E-state index in [2.05, 4.69) is 22.0 Å². The van der Waals surface area contributed by atoms with Gasteiger partial charge in [-0.1, -0.05) is 28.1 Å². The van der Waals surface area contributed by atoms with E-state index in [4.69, 9.17) is 9.47 Å². The van der Waals surface area contributed by atoms with Crippen LogP contribution in [0.25, 0.3) is 10.8 Å². The second-order valence-corrected chi connectivity index (χ2v) is 5.03. The summed E-state index contributed by atoms with van der Waals surface area (Å²) in [4.78, 5) is 11.1. The van der Waals surface area contributed by atoms with Gasteiger partial charge in [-0.05, 0) is 48.0 Å². The molecule has 0 aliphatic heterocycles. The van der Waals surface area contributed by atoms with Crippen LogP contribution in [0, 0.1) is 0 Å². The number of carbonyl (C=O) groups is 1. The Kier molecular flexibility index (Phi) is 5.18. The zero-order valence-corrected chi connectivity index (χ0v) is 12.7. The SMILES string of the molecule is CCOC(=O)/C=C/COc1ccc2cc(Br)ccc2c1. The summed E-state index contributed by atoms with van der Waals surface area (Å²) in [6.07, 6.45) is 3.02. The van der Waals surface area contributed by atoms with E-state index in [1.54, 1.807) is 13.0 Å². The zero-order chi connectivity index (χ0) is 14.4. The molecular weight excluding hydrogens is 320 g/mol.